The number of amides is 3. The van der Waals surface area contributed by atoms with Gasteiger partial charge in [-0.05, 0) is 59.5 Å². The van der Waals surface area contributed by atoms with Gasteiger partial charge in [0.25, 0.3) is 11.1 Å². The molecule has 8 nitrogen and oxygen atoms in total. The van der Waals surface area contributed by atoms with Crippen molar-refractivity contribution in [2.24, 2.45) is 0 Å². The highest BCUT2D eigenvalue weighted by Crippen LogP contribution is 2.30. The molecule has 5 rings (SSSR count). The maximum absolute atomic E-state index is 15.2. The molecule has 198 valence electrons. The van der Waals surface area contributed by atoms with Gasteiger partial charge in [-0.25, -0.2) is 13.6 Å². The second-order valence-electron chi connectivity index (χ2n) is 9.15. The van der Waals surface area contributed by atoms with E-state index < -0.39 is 18.1 Å². The molecule has 1 atom stereocenters. The van der Waals surface area contributed by atoms with Crippen LogP contribution in [0, 0.1) is 11.6 Å². The largest absolute Gasteiger partial charge is 0.423 e. The number of hydrogen-bond acceptors (Lipinski definition) is 6. The molecule has 11 heteroatoms. The third-order valence-corrected chi connectivity index (χ3v) is 7.53. The van der Waals surface area contributed by atoms with Crippen LogP contribution in [0.2, 0.25) is 0 Å². The summed E-state index contributed by atoms with van der Waals surface area (Å²) in [5.41, 5.74) is 1.25. The van der Waals surface area contributed by atoms with Crippen molar-refractivity contribution >= 4 is 51.1 Å². The standard InChI is InChI=1S/C27H26F2N4O4S/c1-30(27(36)38-2)24-16-33(26(35)37-24)21-7-8-23(22(29)15-21)31-9-11-32(12-10-31)25(34)19-4-3-18-14-20(28)6-5-17(18)13-19/h3-8,13-15,24H,9-12,16H2,1-2H3. The molecule has 2 fully saturated rings. The minimum absolute atomic E-state index is 0.102. The zero-order valence-electron chi connectivity index (χ0n) is 20.9. The average Bonchev–Trinajstić information content (AvgIpc) is 3.33. The van der Waals surface area contributed by atoms with E-state index in [0.717, 1.165) is 22.5 Å². The highest BCUT2D eigenvalue weighted by molar-refractivity contribution is 8.12. The molecule has 3 amide bonds. The second kappa shape index (κ2) is 10.5. The molecule has 3 aromatic rings. The molecule has 2 aliphatic heterocycles. The molecule has 0 bridgehead atoms. The molecule has 0 spiro atoms. The first-order valence-electron chi connectivity index (χ1n) is 12.1. The van der Waals surface area contributed by atoms with Crippen molar-refractivity contribution in [3.8, 4) is 0 Å². The summed E-state index contributed by atoms with van der Waals surface area (Å²) in [5.74, 6) is -0.944. The van der Waals surface area contributed by atoms with Crippen molar-refractivity contribution in [3.63, 3.8) is 0 Å². The average molecular weight is 541 g/mol. The summed E-state index contributed by atoms with van der Waals surface area (Å²) in [6.07, 6.45) is 0.248. The number of likely N-dealkylation sites (N-methyl/N-ethyl adjacent to an activating group) is 1. The maximum atomic E-state index is 15.2. The van der Waals surface area contributed by atoms with E-state index in [0.29, 0.717) is 43.1 Å². The van der Waals surface area contributed by atoms with Gasteiger partial charge < -0.3 is 14.5 Å². The number of rotatable bonds is 4. The topological polar surface area (TPSA) is 73.4 Å². The molecule has 0 aromatic heterocycles. The third-order valence-electron chi connectivity index (χ3n) is 6.89. The number of anilines is 2. The predicted octanol–water partition coefficient (Wildman–Crippen LogP) is 4.78. The molecule has 2 saturated heterocycles. The normalized spacial score (nSPS) is 17.6. The number of carbonyl (C=O) groups excluding carboxylic acids is 3. The number of cyclic esters (lactones) is 1. The number of hydrogen-bond donors (Lipinski definition) is 0. The van der Waals surface area contributed by atoms with E-state index in [1.165, 1.54) is 28.0 Å². The van der Waals surface area contributed by atoms with Crippen LogP contribution in [-0.4, -0.2) is 79.3 Å². The Balaban J connectivity index is 1.23. The first-order valence-corrected chi connectivity index (χ1v) is 13.3. The van der Waals surface area contributed by atoms with Gasteiger partial charge in [-0.3, -0.25) is 19.4 Å². The number of halogens is 2. The van der Waals surface area contributed by atoms with Crippen LogP contribution < -0.4 is 9.80 Å². The lowest BCUT2D eigenvalue weighted by Gasteiger charge is -2.36. The Labute approximate surface area is 222 Å². The van der Waals surface area contributed by atoms with Gasteiger partial charge in [-0.15, -0.1) is 0 Å². The van der Waals surface area contributed by atoms with Gasteiger partial charge in [0.05, 0.1) is 17.9 Å². The Morgan fingerprint density at radius 2 is 1.68 bits per heavy atom. The van der Waals surface area contributed by atoms with Crippen LogP contribution in [-0.2, 0) is 4.74 Å². The monoisotopic (exact) mass is 540 g/mol. The molecular weight excluding hydrogens is 514 g/mol. The lowest BCUT2D eigenvalue weighted by molar-refractivity contribution is 0.0668. The highest BCUT2D eigenvalue weighted by Gasteiger charge is 2.37. The summed E-state index contributed by atoms with van der Waals surface area (Å²) in [6.45, 7) is 1.81. The van der Waals surface area contributed by atoms with Crippen molar-refractivity contribution in [2.75, 3.05) is 55.8 Å². The fourth-order valence-corrected chi connectivity index (χ4v) is 5.13. The zero-order chi connectivity index (χ0) is 27.0. The van der Waals surface area contributed by atoms with Gasteiger partial charge in [-0.2, -0.15) is 0 Å². The number of thioether (sulfide) groups is 1. The van der Waals surface area contributed by atoms with Crippen LogP contribution in [0.4, 0.5) is 29.7 Å². The van der Waals surface area contributed by atoms with Crippen molar-refractivity contribution in [2.45, 2.75) is 6.23 Å². The van der Waals surface area contributed by atoms with Crippen LogP contribution in [0.1, 0.15) is 10.4 Å². The molecule has 0 radical (unpaired) electrons. The number of benzene rings is 3. The summed E-state index contributed by atoms with van der Waals surface area (Å²) in [6, 6.07) is 14.2. The van der Waals surface area contributed by atoms with E-state index >= 15 is 4.39 Å². The van der Waals surface area contributed by atoms with Gasteiger partial charge in [0, 0.05) is 38.8 Å². The van der Waals surface area contributed by atoms with E-state index in [-0.39, 0.29) is 23.5 Å². The van der Waals surface area contributed by atoms with Gasteiger partial charge in [-0.1, -0.05) is 23.9 Å². The van der Waals surface area contributed by atoms with E-state index in [1.807, 2.05) is 4.90 Å². The predicted molar refractivity (Wildman–Crippen MR) is 143 cm³/mol. The minimum Gasteiger partial charge on any atom is -0.423 e. The molecule has 2 aliphatic rings. The molecule has 0 saturated carbocycles. The molecule has 38 heavy (non-hydrogen) atoms. The SMILES string of the molecule is CSC(=O)N(C)C1CN(c2ccc(N3CCN(C(=O)c4ccc5cc(F)ccc5c4)CC3)c(F)c2)C(=O)O1. The van der Waals surface area contributed by atoms with Crippen molar-refractivity contribution in [3.05, 3.63) is 71.8 Å². The number of piperazine rings is 1. The zero-order valence-corrected chi connectivity index (χ0v) is 21.7. The van der Waals surface area contributed by atoms with E-state index in [4.69, 9.17) is 4.74 Å². The third kappa shape index (κ3) is 4.98. The lowest BCUT2D eigenvalue weighted by Crippen LogP contribution is -2.49. The van der Waals surface area contributed by atoms with Gasteiger partial charge in [0.2, 0.25) is 0 Å². The number of fused-ring (bicyclic) bond motifs is 1. The molecular formula is C27H26F2N4O4S. The van der Waals surface area contributed by atoms with Crippen molar-refractivity contribution < 1.29 is 27.9 Å². The first kappa shape index (κ1) is 25.8. The summed E-state index contributed by atoms with van der Waals surface area (Å²) in [5, 5.41) is 1.28. The van der Waals surface area contributed by atoms with Crippen LogP contribution >= 0.6 is 11.8 Å². The van der Waals surface area contributed by atoms with Gasteiger partial charge in [0.1, 0.15) is 11.6 Å². The van der Waals surface area contributed by atoms with E-state index in [1.54, 1.807) is 54.6 Å². The second-order valence-corrected chi connectivity index (χ2v) is 9.91. The number of nitrogens with zero attached hydrogens (tertiary/aromatic N) is 4. The van der Waals surface area contributed by atoms with E-state index in [2.05, 4.69) is 0 Å². The Morgan fingerprint density at radius 1 is 0.974 bits per heavy atom. The van der Waals surface area contributed by atoms with Crippen LogP contribution in [0.25, 0.3) is 10.8 Å². The molecule has 3 aromatic carbocycles. The van der Waals surface area contributed by atoms with Gasteiger partial charge in [0.15, 0.2) is 6.23 Å². The fraction of sp³-hybridized carbons (Fsp3) is 0.296. The summed E-state index contributed by atoms with van der Waals surface area (Å²) in [4.78, 5) is 43.6. The van der Waals surface area contributed by atoms with E-state index in [9.17, 15) is 18.8 Å². The minimum atomic E-state index is -0.750. The smallest absolute Gasteiger partial charge is 0.416 e. The maximum Gasteiger partial charge on any atom is 0.416 e. The molecule has 1 unspecified atom stereocenters. The Kier molecular flexibility index (Phi) is 7.11. The van der Waals surface area contributed by atoms with Crippen LogP contribution in [0.5, 0.6) is 0 Å². The summed E-state index contributed by atoms with van der Waals surface area (Å²) >= 11 is 1.01. The summed E-state index contributed by atoms with van der Waals surface area (Å²) < 4.78 is 33.9. The molecule has 0 N–H and O–H groups in total. The molecule has 0 aliphatic carbocycles. The number of carbonyl (C=O) groups is 3. The Hall–Kier alpha value is -3.86. The van der Waals surface area contributed by atoms with Crippen molar-refractivity contribution in [1.82, 2.24) is 9.80 Å². The quantitative estimate of drug-likeness (QED) is 0.475. The molecule has 2 heterocycles. The van der Waals surface area contributed by atoms with Crippen LogP contribution in [0.15, 0.2) is 54.6 Å². The summed E-state index contributed by atoms with van der Waals surface area (Å²) in [7, 11) is 1.55. The van der Waals surface area contributed by atoms with Crippen LogP contribution in [0.3, 0.4) is 0 Å². The Bertz CT molecular complexity index is 1410. The first-order chi connectivity index (χ1) is 18.2. The van der Waals surface area contributed by atoms with Gasteiger partial charge >= 0.3 is 6.09 Å². The highest BCUT2D eigenvalue weighted by atomic mass is 32.2. The number of ether oxygens (including phenoxy) is 1. The van der Waals surface area contributed by atoms with Crippen molar-refractivity contribution in [1.29, 1.82) is 0 Å². The fourth-order valence-electron chi connectivity index (χ4n) is 4.72. The lowest BCUT2D eigenvalue weighted by atomic mass is 10.1. The Morgan fingerprint density at radius 3 is 2.39 bits per heavy atom.